The number of thioether (sulfide) groups is 1. The molecular weight excluding hydrogens is 242 g/mol. The monoisotopic (exact) mass is 261 g/mol. The zero-order valence-corrected chi connectivity index (χ0v) is 11.8. The minimum Gasteiger partial charge on any atom is -0.290 e. The molecule has 0 saturated heterocycles. The van der Waals surface area contributed by atoms with Crippen LogP contribution in [-0.4, -0.2) is 22.6 Å². The van der Waals surface area contributed by atoms with Gasteiger partial charge in [0.2, 0.25) is 0 Å². The number of carbonyl (C=O) groups excluding carboxylic acids is 1. The van der Waals surface area contributed by atoms with E-state index in [4.69, 9.17) is 4.99 Å². The first-order chi connectivity index (χ1) is 8.61. The summed E-state index contributed by atoms with van der Waals surface area (Å²) in [6.45, 7) is 2.29. The molecule has 3 rings (SSSR count). The van der Waals surface area contributed by atoms with Gasteiger partial charge in [0.25, 0.3) is 0 Å². The van der Waals surface area contributed by atoms with Gasteiger partial charge in [-0.2, -0.15) is 0 Å². The minimum atomic E-state index is -0.0947. The molecule has 0 aromatic heterocycles. The number of ketones is 1. The molecule has 0 amide bonds. The van der Waals surface area contributed by atoms with Gasteiger partial charge < -0.3 is 0 Å². The van der Waals surface area contributed by atoms with Crippen LogP contribution in [0.3, 0.4) is 0 Å². The Bertz CT molecular complexity index is 461. The molecule has 0 aromatic rings. The summed E-state index contributed by atoms with van der Waals surface area (Å²) >= 11 is 1.74. The molecule has 0 N–H and O–H groups in total. The molecule has 2 nitrogen and oxygen atoms in total. The van der Waals surface area contributed by atoms with E-state index in [-0.39, 0.29) is 16.7 Å². The van der Waals surface area contributed by atoms with Gasteiger partial charge >= 0.3 is 0 Å². The molecule has 0 unspecified atom stereocenters. The third-order valence-electron chi connectivity index (χ3n) is 4.72. The van der Waals surface area contributed by atoms with Crippen LogP contribution in [0.2, 0.25) is 0 Å². The molecule has 1 saturated carbocycles. The summed E-state index contributed by atoms with van der Waals surface area (Å²) in [5, 5.41) is 1.19. The van der Waals surface area contributed by atoms with Crippen molar-refractivity contribution in [1.29, 1.82) is 0 Å². The van der Waals surface area contributed by atoms with E-state index in [9.17, 15) is 4.79 Å². The highest BCUT2D eigenvalue weighted by molar-refractivity contribution is 8.13. The lowest BCUT2D eigenvalue weighted by Crippen LogP contribution is -2.42. The maximum Gasteiger partial charge on any atom is 0.178 e. The van der Waals surface area contributed by atoms with Gasteiger partial charge in [-0.15, -0.1) is 11.8 Å². The zero-order chi connectivity index (χ0) is 12.8. The first-order valence-electron chi connectivity index (χ1n) is 6.67. The van der Waals surface area contributed by atoms with Crippen molar-refractivity contribution in [1.82, 2.24) is 0 Å². The van der Waals surface area contributed by atoms with Gasteiger partial charge in [-0.3, -0.25) is 9.79 Å². The van der Waals surface area contributed by atoms with Gasteiger partial charge in [0.1, 0.15) is 0 Å². The number of aliphatic imine (C=N–C) groups is 1. The number of hydrogen-bond donors (Lipinski definition) is 0. The van der Waals surface area contributed by atoms with Crippen molar-refractivity contribution in [2.45, 2.75) is 38.1 Å². The molecule has 0 radical (unpaired) electrons. The van der Waals surface area contributed by atoms with Crippen LogP contribution in [-0.2, 0) is 4.79 Å². The maximum atomic E-state index is 11.4. The lowest BCUT2D eigenvalue weighted by molar-refractivity contribution is -0.110. The number of fused-ring (bicyclic) bond motifs is 2. The number of carbonyl (C=O) groups is 1. The highest BCUT2D eigenvalue weighted by Gasteiger charge is 2.55. The van der Waals surface area contributed by atoms with E-state index in [0.717, 1.165) is 0 Å². The van der Waals surface area contributed by atoms with Crippen molar-refractivity contribution < 1.29 is 4.79 Å². The molecule has 2 aliphatic carbocycles. The average Bonchev–Trinajstić information content (AvgIpc) is 2.62. The molecule has 0 aromatic carbocycles. The van der Waals surface area contributed by atoms with E-state index >= 15 is 0 Å². The number of hydrogen-bond acceptors (Lipinski definition) is 3. The second-order valence-corrected chi connectivity index (χ2v) is 6.57. The van der Waals surface area contributed by atoms with Crippen LogP contribution >= 0.6 is 11.8 Å². The van der Waals surface area contributed by atoms with E-state index in [1.807, 2.05) is 0 Å². The van der Waals surface area contributed by atoms with Crippen LogP contribution in [0.5, 0.6) is 0 Å². The molecule has 1 spiro atoms. The molecule has 1 fully saturated rings. The van der Waals surface area contributed by atoms with E-state index in [1.165, 1.54) is 30.7 Å². The number of allylic oxidation sites excluding steroid dienone is 4. The fourth-order valence-corrected chi connectivity index (χ4v) is 4.76. The first kappa shape index (κ1) is 12.2. The second kappa shape index (κ2) is 4.09. The molecule has 1 aliphatic heterocycles. The summed E-state index contributed by atoms with van der Waals surface area (Å²) in [5.41, 5.74) is -0.0197. The molecule has 1 heterocycles. The molecule has 3 heteroatoms. The van der Waals surface area contributed by atoms with Gasteiger partial charge in [-0.25, -0.2) is 0 Å². The van der Waals surface area contributed by atoms with Gasteiger partial charge in [0, 0.05) is 5.92 Å². The largest absolute Gasteiger partial charge is 0.290 e. The highest BCUT2D eigenvalue weighted by atomic mass is 32.2. The maximum absolute atomic E-state index is 11.4. The average molecular weight is 261 g/mol. The second-order valence-electron chi connectivity index (χ2n) is 5.78. The van der Waals surface area contributed by atoms with E-state index < -0.39 is 0 Å². The van der Waals surface area contributed by atoms with Crippen LogP contribution in [0, 0.1) is 11.3 Å². The van der Waals surface area contributed by atoms with Crippen molar-refractivity contribution in [2.75, 3.05) is 6.26 Å². The Hall–Kier alpha value is -0.830. The summed E-state index contributed by atoms with van der Waals surface area (Å²) in [5.74, 6) is 0.632. The molecule has 2 atom stereocenters. The predicted octanol–water partition coefficient (Wildman–Crippen LogP) is 3.39. The molecule has 3 aliphatic rings. The summed E-state index contributed by atoms with van der Waals surface area (Å²) in [6, 6.07) is 0. The molecule has 18 heavy (non-hydrogen) atoms. The Balaban J connectivity index is 2.08. The van der Waals surface area contributed by atoms with Crippen molar-refractivity contribution in [3.8, 4) is 0 Å². The fraction of sp³-hybridized carbons (Fsp3) is 0.600. The smallest absolute Gasteiger partial charge is 0.178 e. The highest BCUT2D eigenvalue weighted by Crippen LogP contribution is 2.56. The molecule has 96 valence electrons. The SMILES string of the molecule is CSC1=N[C@@]2(C)CCCC[C@H]2C12C=CC(=O)C=C2. The lowest BCUT2D eigenvalue weighted by Gasteiger charge is -2.41. The Morgan fingerprint density at radius 1 is 1.33 bits per heavy atom. The van der Waals surface area contributed by atoms with Crippen LogP contribution in [0.25, 0.3) is 0 Å². The third-order valence-corrected chi connectivity index (χ3v) is 5.55. The van der Waals surface area contributed by atoms with Crippen molar-refractivity contribution in [3.63, 3.8) is 0 Å². The van der Waals surface area contributed by atoms with Gasteiger partial charge in [0.05, 0.1) is 16.0 Å². The van der Waals surface area contributed by atoms with Crippen molar-refractivity contribution in [3.05, 3.63) is 24.3 Å². The van der Waals surface area contributed by atoms with E-state index in [2.05, 4.69) is 25.3 Å². The Kier molecular flexibility index (Phi) is 2.77. The predicted molar refractivity (Wildman–Crippen MR) is 77.0 cm³/mol. The summed E-state index contributed by atoms with van der Waals surface area (Å²) in [4.78, 5) is 16.4. The quantitative estimate of drug-likeness (QED) is 0.669. The zero-order valence-electron chi connectivity index (χ0n) is 11.0. The van der Waals surface area contributed by atoms with Gasteiger partial charge in [0.15, 0.2) is 5.78 Å². The van der Waals surface area contributed by atoms with Crippen LogP contribution in [0.4, 0.5) is 0 Å². The summed E-state index contributed by atoms with van der Waals surface area (Å²) in [6.07, 6.45) is 14.7. The summed E-state index contributed by atoms with van der Waals surface area (Å²) < 4.78 is 0. The summed E-state index contributed by atoms with van der Waals surface area (Å²) in [7, 11) is 0. The minimum absolute atomic E-state index is 0.0751. The van der Waals surface area contributed by atoms with E-state index in [1.54, 1.807) is 23.9 Å². The van der Waals surface area contributed by atoms with Gasteiger partial charge in [-0.1, -0.05) is 25.0 Å². The topological polar surface area (TPSA) is 29.4 Å². The number of nitrogens with zero attached hydrogens (tertiary/aromatic N) is 1. The third kappa shape index (κ3) is 1.56. The fourth-order valence-electron chi connectivity index (χ4n) is 3.83. The van der Waals surface area contributed by atoms with Crippen LogP contribution in [0.15, 0.2) is 29.3 Å². The lowest BCUT2D eigenvalue weighted by atomic mass is 9.62. The van der Waals surface area contributed by atoms with Crippen molar-refractivity contribution in [2.24, 2.45) is 16.3 Å². The van der Waals surface area contributed by atoms with Crippen LogP contribution < -0.4 is 0 Å². The van der Waals surface area contributed by atoms with E-state index in [0.29, 0.717) is 5.92 Å². The normalized spacial score (nSPS) is 36.9. The Labute approximate surface area is 113 Å². The number of rotatable bonds is 0. The first-order valence-corrected chi connectivity index (χ1v) is 7.90. The van der Waals surface area contributed by atoms with Crippen molar-refractivity contribution >= 4 is 22.6 Å². The van der Waals surface area contributed by atoms with Crippen LogP contribution in [0.1, 0.15) is 32.6 Å². The standard InChI is InChI=1S/C15H19NOS/c1-14-8-4-3-5-12(14)15(13(16-14)18-2)9-6-11(17)7-10-15/h6-7,9-10,12H,3-5,8H2,1-2H3/t12-,14+/m1/s1. The molecular formula is C15H19NOS. The molecule has 0 bridgehead atoms. The Morgan fingerprint density at radius 2 is 2.06 bits per heavy atom. The Morgan fingerprint density at radius 3 is 2.72 bits per heavy atom. The van der Waals surface area contributed by atoms with Gasteiger partial charge in [-0.05, 0) is 38.2 Å².